The number of carbonyl (C=O) groups is 4. The van der Waals surface area contributed by atoms with Crippen LogP contribution in [0.5, 0.6) is 11.5 Å². The monoisotopic (exact) mass is 667 g/mol. The molecule has 5 bridgehead atoms. The lowest BCUT2D eigenvalue weighted by atomic mass is 9.78. The second kappa shape index (κ2) is 14.2. The summed E-state index contributed by atoms with van der Waals surface area (Å²) in [5.74, 6) is -7.49. The molecule has 0 radical (unpaired) electrons. The molecular formula is C36H45NO11. The maximum atomic E-state index is 13.8. The van der Waals surface area contributed by atoms with Crippen molar-refractivity contribution in [3.8, 4) is 11.5 Å². The van der Waals surface area contributed by atoms with Crippen LogP contribution in [0.2, 0.25) is 0 Å². The van der Waals surface area contributed by atoms with Gasteiger partial charge in [-0.2, -0.15) is 0 Å². The number of aliphatic hydroxyl groups excluding tert-OH is 2. The lowest BCUT2D eigenvalue weighted by Gasteiger charge is -2.37. The SMILES string of the molecule is CO[C@H]1[C@H](C)[C@H](O)[C@H](C)[C@@H](O)[C@@H](C)/C=C/C=C(/C)C(=O)NC2=CC(=O)c3c(c(O)c(C)c4c3C(=O)[C@@](C)(O/C=C/[C@H](OC)[C@H]1C)O4)C2=O. The highest BCUT2D eigenvalue weighted by Crippen LogP contribution is 2.47. The summed E-state index contributed by atoms with van der Waals surface area (Å²) in [6, 6.07) is 0. The molecule has 0 spiro atoms. The van der Waals surface area contributed by atoms with Crippen LogP contribution >= 0.6 is 0 Å². The maximum absolute atomic E-state index is 13.8. The van der Waals surface area contributed by atoms with Crippen LogP contribution in [0.1, 0.15) is 78.2 Å². The van der Waals surface area contributed by atoms with E-state index in [1.165, 1.54) is 47.3 Å². The maximum Gasteiger partial charge on any atom is 0.312 e. The quantitative estimate of drug-likeness (QED) is 0.361. The first-order valence-electron chi connectivity index (χ1n) is 15.9. The zero-order valence-corrected chi connectivity index (χ0v) is 28.7. The van der Waals surface area contributed by atoms with Gasteiger partial charge < -0.3 is 39.6 Å². The number of phenols is 1. The van der Waals surface area contributed by atoms with Crippen molar-refractivity contribution in [1.29, 1.82) is 0 Å². The van der Waals surface area contributed by atoms with Gasteiger partial charge in [0.05, 0.1) is 53.1 Å². The molecule has 1 aliphatic carbocycles. The van der Waals surface area contributed by atoms with E-state index >= 15 is 0 Å². The van der Waals surface area contributed by atoms with Gasteiger partial charge in [0, 0.05) is 62.0 Å². The van der Waals surface area contributed by atoms with Crippen molar-refractivity contribution < 1.29 is 53.4 Å². The molecule has 0 aromatic heterocycles. The lowest BCUT2D eigenvalue weighted by Crippen LogP contribution is -2.45. The van der Waals surface area contributed by atoms with E-state index in [4.69, 9.17) is 18.9 Å². The van der Waals surface area contributed by atoms with Gasteiger partial charge >= 0.3 is 5.79 Å². The average Bonchev–Trinajstić information content (AvgIpc) is 3.31. The third-order valence-electron chi connectivity index (χ3n) is 9.77. The minimum Gasteiger partial charge on any atom is -0.507 e. The molecule has 4 N–H and O–H groups in total. The summed E-state index contributed by atoms with van der Waals surface area (Å²) < 4.78 is 23.3. The van der Waals surface area contributed by atoms with E-state index in [0.717, 1.165) is 6.08 Å². The molecule has 9 atom stereocenters. The first-order chi connectivity index (χ1) is 22.5. The van der Waals surface area contributed by atoms with Crippen LogP contribution in [-0.4, -0.2) is 83.0 Å². The number of phenolic OH excluding ortho intramolecular Hbond substituents is 1. The molecule has 0 saturated carbocycles. The number of hydrogen-bond donors (Lipinski definition) is 4. The Morgan fingerprint density at radius 1 is 0.875 bits per heavy atom. The molecule has 3 heterocycles. The Bertz CT molecular complexity index is 1620. The molecule has 0 fully saturated rings. The summed E-state index contributed by atoms with van der Waals surface area (Å²) in [5, 5.41) is 35.9. The molecule has 0 saturated heterocycles. The molecule has 12 heteroatoms. The smallest absolute Gasteiger partial charge is 0.312 e. The number of aromatic hydroxyl groups is 1. The van der Waals surface area contributed by atoms with Crippen molar-refractivity contribution in [2.45, 2.75) is 78.7 Å². The molecule has 3 aliphatic heterocycles. The van der Waals surface area contributed by atoms with E-state index < -0.39 is 82.5 Å². The molecule has 0 unspecified atom stereocenters. The molecule has 5 rings (SSSR count). The minimum absolute atomic E-state index is 0.0401. The summed E-state index contributed by atoms with van der Waals surface area (Å²) in [4.78, 5) is 53.9. The predicted molar refractivity (Wildman–Crippen MR) is 174 cm³/mol. The van der Waals surface area contributed by atoms with E-state index in [2.05, 4.69) is 5.32 Å². The summed E-state index contributed by atoms with van der Waals surface area (Å²) >= 11 is 0. The van der Waals surface area contributed by atoms with E-state index in [1.807, 2.05) is 13.8 Å². The predicted octanol–water partition coefficient (Wildman–Crippen LogP) is 3.71. The molecule has 12 nitrogen and oxygen atoms in total. The van der Waals surface area contributed by atoms with Crippen LogP contribution in [0.15, 0.2) is 47.9 Å². The molecule has 1 aromatic rings. The summed E-state index contributed by atoms with van der Waals surface area (Å²) in [6.07, 6.45) is 5.39. The van der Waals surface area contributed by atoms with Gasteiger partial charge in [0.2, 0.25) is 5.78 Å². The van der Waals surface area contributed by atoms with Gasteiger partial charge in [0.25, 0.3) is 11.7 Å². The molecular weight excluding hydrogens is 622 g/mol. The number of aliphatic hydroxyl groups is 2. The molecule has 4 aliphatic rings. The van der Waals surface area contributed by atoms with Gasteiger partial charge in [0.1, 0.15) is 11.5 Å². The van der Waals surface area contributed by atoms with E-state index in [1.54, 1.807) is 32.1 Å². The number of nitrogens with one attached hydrogen (secondary N) is 1. The zero-order chi connectivity index (χ0) is 35.8. The Balaban J connectivity index is 1.81. The fourth-order valence-corrected chi connectivity index (χ4v) is 6.64. The number of methoxy groups -OCH3 is 2. The largest absolute Gasteiger partial charge is 0.507 e. The number of hydrogen-bond acceptors (Lipinski definition) is 11. The van der Waals surface area contributed by atoms with Gasteiger partial charge in [-0.05, 0) is 19.9 Å². The van der Waals surface area contributed by atoms with Gasteiger partial charge in [-0.15, -0.1) is 0 Å². The van der Waals surface area contributed by atoms with E-state index in [0.29, 0.717) is 0 Å². The Morgan fingerprint density at radius 3 is 2.17 bits per heavy atom. The number of ketones is 3. The molecule has 48 heavy (non-hydrogen) atoms. The normalized spacial score (nSPS) is 35.6. The van der Waals surface area contributed by atoms with Crippen LogP contribution in [0.3, 0.4) is 0 Å². The van der Waals surface area contributed by atoms with Crippen molar-refractivity contribution in [3.63, 3.8) is 0 Å². The van der Waals surface area contributed by atoms with Gasteiger partial charge in [0.15, 0.2) is 5.78 Å². The van der Waals surface area contributed by atoms with Crippen molar-refractivity contribution in [2.24, 2.45) is 23.7 Å². The lowest BCUT2D eigenvalue weighted by molar-refractivity contribution is -0.116. The number of amides is 1. The van der Waals surface area contributed by atoms with Crippen molar-refractivity contribution in [3.05, 3.63) is 70.2 Å². The van der Waals surface area contributed by atoms with Crippen LogP contribution < -0.4 is 10.1 Å². The number of ether oxygens (including phenoxy) is 4. The number of allylic oxidation sites excluding steroid dienone is 4. The third-order valence-corrected chi connectivity index (χ3v) is 9.77. The highest BCUT2D eigenvalue weighted by molar-refractivity contribution is 6.30. The van der Waals surface area contributed by atoms with Crippen molar-refractivity contribution in [2.75, 3.05) is 14.2 Å². The third kappa shape index (κ3) is 6.49. The number of carbonyl (C=O) groups excluding carboxylic acids is 4. The summed E-state index contributed by atoms with van der Waals surface area (Å²) in [6.45, 7) is 11.5. The van der Waals surface area contributed by atoms with Gasteiger partial charge in [-0.25, -0.2) is 0 Å². The van der Waals surface area contributed by atoms with Crippen LogP contribution in [0, 0.1) is 30.6 Å². The molecule has 260 valence electrons. The summed E-state index contributed by atoms with van der Waals surface area (Å²) in [7, 11) is 3.01. The van der Waals surface area contributed by atoms with Crippen LogP contribution in [0.4, 0.5) is 0 Å². The molecule has 1 amide bonds. The second-order valence-corrected chi connectivity index (χ2v) is 13.0. The Hall–Kier alpha value is -4.10. The van der Waals surface area contributed by atoms with Gasteiger partial charge in [-0.3, -0.25) is 19.2 Å². The van der Waals surface area contributed by atoms with Crippen LogP contribution in [0.25, 0.3) is 0 Å². The van der Waals surface area contributed by atoms with Crippen molar-refractivity contribution >= 4 is 23.3 Å². The number of fused-ring (bicyclic) bond motifs is 14. The number of benzene rings is 1. The Labute approximate surface area is 280 Å². The van der Waals surface area contributed by atoms with Gasteiger partial charge in [-0.1, -0.05) is 45.9 Å². The summed E-state index contributed by atoms with van der Waals surface area (Å²) in [5.41, 5.74) is -1.13. The highest BCUT2D eigenvalue weighted by atomic mass is 16.7. The van der Waals surface area contributed by atoms with Crippen molar-refractivity contribution in [1.82, 2.24) is 5.32 Å². The van der Waals surface area contributed by atoms with Crippen LogP contribution in [-0.2, 0) is 19.0 Å². The number of Topliss-reactive ketones (excluding diaryl/α,β-unsaturated/α-hetero) is 2. The van der Waals surface area contributed by atoms with E-state index in [-0.39, 0.29) is 39.6 Å². The average molecular weight is 668 g/mol. The first-order valence-corrected chi connectivity index (χ1v) is 15.9. The topological polar surface area (TPSA) is 178 Å². The first kappa shape index (κ1) is 36.7. The Kier molecular flexibility index (Phi) is 10.8. The fourth-order valence-electron chi connectivity index (χ4n) is 6.64. The van der Waals surface area contributed by atoms with E-state index in [9.17, 15) is 34.5 Å². The highest BCUT2D eigenvalue weighted by Gasteiger charge is 2.51. The number of rotatable bonds is 2. The Morgan fingerprint density at radius 2 is 1.54 bits per heavy atom. The minimum atomic E-state index is -1.97. The standard InChI is InChI=1S/C36H45NO11/c1-16-11-10-12-17(2)35(44)37-22-15-23(38)25-26(31(22)42)30(41)21(6)33-27(25)34(43)36(7,48-33)47-14-13-24(45-8)18(3)32(46-9)20(5)29(40)19(4)28(16)39/h10-16,18-20,24,28-29,32,39-41H,1-9H3,(H,37,44)/b11-10+,14-13+,17-12-/t16-,18+,19+,20+,24-,28-,29+,32+,36-/m0/s1. The zero-order valence-electron chi connectivity index (χ0n) is 28.7. The fraction of sp³-hybridized carbons (Fsp3) is 0.500. The molecule has 1 aromatic carbocycles. The second-order valence-electron chi connectivity index (χ2n) is 13.0.